The largest absolute Gasteiger partial charge is 0.467 e. The van der Waals surface area contributed by atoms with Crippen LogP contribution in [0.15, 0.2) is 39.7 Å². The Bertz CT molecular complexity index is 512. The minimum atomic E-state index is -0.571. The number of nitrogens with zero attached hydrogens (tertiary/aromatic N) is 2. The number of hydrogen-bond donors (Lipinski definition) is 2. The molecule has 0 bridgehead atoms. The van der Waals surface area contributed by atoms with Gasteiger partial charge in [-0.1, -0.05) is 0 Å². The molecule has 0 aromatic carbocycles. The number of rotatable bonds is 7. The van der Waals surface area contributed by atoms with Gasteiger partial charge in [-0.15, -0.1) is 0 Å². The van der Waals surface area contributed by atoms with Gasteiger partial charge in [-0.2, -0.15) is 5.10 Å². The normalized spacial score (nSPS) is 16.0. The maximum Gasteiger partial charge on any atom is 0.132 e. The van der Waals surface area contributed by atoms with E-state index in [1.54, 1.807) is 24.6 Å². The molecule has 0 saturated carbocycles. The van der Waals surface area contributed by atoms with E-state index in [-0.39, 0.29) is 12.1 Å². The van der Waals surface area contributed by atoms with Gasteiger partial charge in [0, 0.05) is 18.3 Å². The van der Waals surface area contributed by atoms with E-state index in [1.807, 2.05) is 10.9 Å². The van der Waals surface area contributed by atoms with Crippen molar-refractivity contribution in [3.8, 4) is 0 Å². The Labute approximate surface area is 127 Å². The fourth-order valence-electron chi connectivity index (χ4n) is 2.26. The number of aliphatic hydroxyl groups excluding tert-OH is 1. The van der Waals surface area contributed by atoms with Crippen molar-refractivity contribution < 1.29 is 9.52 Å². The average Bonchev–Trinajstić information content (AvgIpc) is 3.00. The van der Waals surface area contributed by atoms with E-state index in [9.17, 15) is 5.11 Å². The lowest BCUT2D eigenvalue weighted by Crippen LogP contribution is -2.38. The zero-order chi connectivity index (χ0) is 14.5. The zero-order valence-electron chi connectivity index (χ0n) is 11.7. The summed E-state index contributed by atoms with van der Waals surface area (Å²) in [6, 6.07) is 4.03. The van der Waals surface area contributed by atoms with E-state index in [4.69, 9.17) is 4.42 Å². The second-order valence-electron chi connectivity index (χ2n) is 5.12. The van der Waals surface area contributed by atoms with Crippen LogP contribution in [0.4, 0.5) is 0 Å². The van der Waals surface area contributed by atoms with Crippen LogP contribution in [0.5, 0.6) is 0 Å². The van der Waals surface area contributed by atoms with Crippen LogP contribution < -0.4 is 5.32 Å². The molecule has 0 aliphatic heterocycles. The molecule has 110 valence electrons. The Morgan fingerprint density at radius 1 is 1.45 bits per heavy atom. The van der Waals surface area contributed by atoms with Crippen LogP contribution in [-0.2, 0) is 6.54 Å². The van der Waals surface area contributed by atoms with E-state index in [1.165, 1.54) is 0 Å². The van der Waals surface area contributed by atoms with Crippen LogP contribution in [0.2, 0.25) is 0 Å². The highest BCUT2D eigenvalue weighted by Crippen LogP contribution is 2.18. The second-order valence-corrected chi connectivity index (χ2v) is 6.03. The molecule has 3 unspecified atom stereocenters. The topological polar surface area (TPSA) is 63.2 Å². The summed E-state index contributed by atoms with van der Waals surface area (Å²) < 4.78 is 8.07. The van der Waals surface area contributed by atoms with Gasteiger partial charge < -0.3 is 14.8 Å². The molecule has 0 aliphatic carbocycles. The van der Waals surface area contributed by atoms with Crippen molar-refractivity contribution in [3.05, 3.63) is 41.0 Å². The Hall–Kier alpha value is -1.11. The van der Waals surface area contributed by atoms with Gasteiger partial charge in [0.05, 0.1) is 23.5 Å². The summed E-state index contributed by atoms with van der Waals surface area (Å²) in [5.41, 5.74) is 0. The van der Waals surface area contributed by atoms with Gasteiger partial charge in [0.25, 0.3) is 0 Å². The van der Waals surface area contributed by atoms with Crippen molar-refractivity contribution in [2.24, 2.45) is 0 Å². The molecule has 20 heavy (non-hydrogen) atoms. The van der Waals surface area contributed by atoms with Gasteiger partial charge in [-0.25, -0.2) is 0 Å². The summed E-state index contributed by atoms with van der Waals surface area (Å²) >= 11 is 3.38. The lowest BCUT2D eigenvalue weighted by atomic mass is 10.1. The maximum absolute atomic E-state index is 10.0. The first-order valence-corrected chi connectivity index (χ1v) is 7.49. The molecule has 2 aromatic rings. The summed E-state index contributed by atoms with van der Waals surface area (Å²) in [5, 5.41) is 17.7. The Morgan fingerprint density at radius 3 is 2.85 bits per heavy atom. The molecule has 3 atom stereocenters. The van der Waals surface area contributed by atoms with Crippen LogP contribution >= 0.6 is 15.9 Å². The number of hydrogen-bond acceptors (Lipinski definition) is 4. The minimum Gasteiger partial charge on any atom is -0.467 e. The van der Waals surface area contributed by atoms with Crippen LogP contribution in [0.1, 0.15) is 32.1 Å². The summed E-state index contributed by atoms with van der Waals surface area (Å²) in [5.74, 6) is 0.613. The van der Waals surface area contributed by atoms with Crippen molar-refractivity contribution >= 4 is 15.9 Å². The number of halogens is 1. The quantitative estimate of drug-likeness (QED) is 0.812. The number of furan rings is 1. The van der Waals surface area contributed by atoms with E-state index < -0.39 is 6.10 Å². The highest BCUT2D eigenvalue weighted by molar-refractivity contribution is 9.10. The number of nitrogens with one attached hydrogen (secondary N) is 1. The molecule has 2 aromatic heterocycles. The highest BCUT2D eigenvalue weighted by atomic mass is 79.9. The van der Waals surface area contributed by atoms with Crippen LogP contribution in [0.25, 0.3) is 0 Å². The molecule has 2 rings (SSSR count). The average molecular weight is 342 g/mol. The van der Waals surface area contributed by atoms with Crippen LogP contribution in [0.3, 0.4) is 0 Å². The zero-order valence-corrected chi connectivity index (χ0v) is 13.2. The Balaban J connectivity index is 1.77. The molecule has 2 N–H and O–H groups in total. The van der Waals surface area contributed by atoms with E-state index in [2.05, 4.69) is 40.2 Å². The van der Waals surface area contributed by atoms with Crippen LogP contribution in [0, 0.1) is 0 Å². The first-order chi connectivity index (χ1) is 9.54. The minimum absolute atomic E-state index is 0.184. The van der Waals surface area contributed by atoms with E-state index in [0.717, 1.165) is 11.0 Å². The van der Waals surface area contributed by atoms with Gasteiger partial charge in [0.15, 0.2) is 0 Å². The van der Waals surface area contributed by atoms with E-state index in [0.29, 0.717) is 12.2 Å². The SMILES string of the molecule is CC(CC(O)c1ccco1)NC(C)Cn1cc(Br)cn1. The fourth-order valence-corrected chi connectivity index (χ4v) is 2.59. The molecule has 0 amide bonds. The van der Waals surface area contributed by atoms with Gasteiger partial charge in [0.2, 0.25) is 0 Å². The maximum atomic E-state index is 10.0. The number of aliphatic hydroxyl groups is 1. The first kappa shape index (κ1) is 15.3. The van der Waals surface area contributed by atoms with E-state index >= 15 is 0 Å². The van der Waals surface area contributed by atoms with Crippen molar-refractivity contribution in [2.75, 3.05) is 0 Å². The molecule has 6 heteroatoms. The third-order valence-electron chi connectivity index (χ3n) is 3.08. The molecular weight excluding hydrogens is 322 g/mol. The second kappa shape index (κ2) is 7.06. The van der Waals surface area contributed by atoms with Crippen molar-refractivity contribution in [1.29, 1.82) is 0 Å². The molecule has 5 nitrogen and oxygen atoms in total. The van der Waals surface area contributed by atoms with Crippen molar-refractivity contribution in [2.45, 2.75) is 45.0 Å². The molecule has 2 heterocycles. The molecule has 0 radical (unpaired) electrons. The van der Waals surface area contributed by atoms with Gasteiger partial charge >= 0.3 is 0 Å². The summed E-state index contributed by atoms with van der Waals surface area (Å²) in [7, 11) is 0. The molecule has 0 spiro atoms. The Morgan fingerprint density at radius 2 is 2.25 bits per heavy atom. The lowest BCUT2D eigenvalue weighted by Gasteiger charge is -2.21. The molecule has 0 saturated heterocycles. The predicted molar refractivity (Wildman–Crippen MR) is 80.3 cm³/mol. The van der Waals surface area contributed by atoms with Crippen LogP contribution in [-0.4, -0.2) is 27.0 Å². The summed E-state index contributed by atoms with van der Waals surface area (Å²) in [6.07, 6.45) is 5.34. The fraction of sp³-hybridized carbons (Fsp3) is 0.500. The smallest absolute Gasteiger partial charge is 0.132 e. The van der Waals surface area contributed by atoms with Gasteiger partial charge in [0.1, 0.15) is 11.9 Å². The summed E-state index contributed by atoms with van der Waals surface area (Å²) in [6.45, 7) is 4.94. The molecule has 0 fully saturated rings. The van der Waals surface area contributed by atoms with Gasteiger partial charge in [-0.05, 0) is 48.3 Å². The van der Waals surface area contributed by atoms with Gasteiger partial charge in [-0.3, -0.25) is 4.68 Å². The third kappa shape index (κ3) is 4.47. The van der Waals surface area contributed by atoms with Crippen molar-refractivity contribution in [1.82, 2.24) is 15.1 Å². The standard InChI is InChI=1S/C14H20BrN3O2/c1-10(6-13(19)14-4-3-5-20-14)17-11(2)8-18-9-12(15)7-16-18/h3-5,7,9-11,13,17,19H,6,8H2,1-2H3. The predicted octanol–water partition coefficient (Wildman–Crippen LogP) is 2.73. The Kier molecular flexibility index (Phi) is 5.39. The summed E-state index contributed by atoms with van der Waals surface area (Å²) in [4.78, 5) is 0. The monoisotopic (exact) mass is 341 g/mol. The molecular formula is C14H20BrN3O2. The first-order valence-electron chi connectivity index (χ1n) is 6.70. The highest BCUT2D eigenvalue weighted by Gasteiger charge is 2.16. The third-order valence-corrected chi connectivity index (χ3v) is 3.49. The number of aromatic nitrogens is 2. The lowest BCUT2D eigenvalue weighted by molar-refractivity contribution is 0.126. The van der Waals surface area contributed by atoms with Crippen molar-refractivity contribution in [3.63, 3.8) is 0 Å². The molecule has 0 aliphatic rings.